The normalized spacial score (nSPS) is 10.3. The lowest BCUT2D eigenvalue weighted by Gasteiger charge is -2.10. The zero-order valence-corrected chi connectivity index (χ0v) is 11.6. The van der Waals surface area contributed by atoms with Gasteiger partial charge in [-0.1, -0.05) is 19.9 Å². The molecule has 0 fully saturated rings. The number of nitrogens with one attached hydrogen (secondary N) is 2. The Bertz CT molecular complexity index is 470. The maximum Gasteiger partial charge on any atom is 0.251 e. The van der Waals surface area contributed by atoms with Crippen molar-refractivity contribution in [3.8, 4) is 0 Å². The molecular weight excluding hydrogens is 242 g/mol. The molecule has 0 heterocycles. The highest BCUT2D eigenvalue weighted by molar-refractivity contribution is 5.96. The fraction of sp³-hybridized carbons (Fsp3) is 0.429. The molecule has 1 aromatic rings. The standard InChI is InChI=1S/C14H21N3O2/c1-9(2)13(18)16-6-7-17-14(19)12-8-11(15)5-4-10(12)3/h4-5,8-9H,6-7,15H2,1-3H3,(H,16,18)(H,17,19). The first kappa shape index (κ1) is 15.0. The number of aryl methyl sites for hydroxylation is 1. The molecule has 0 aliphatic heterocycles. The van der Waals surface area contributed by atoms with Gasteiger partial charge in [0, 0.05) is 30.3 Å². The predicted molar refractivity (Wildman–Crippen MR) is 75.8 cm³/mol. The number of hydrogen-bond donors (Lipinski definition) is 3. The van der Waals surface area contributed by atoms with E-state index in [4.69, 9.17) is 5.73 Å². The number of hydrogen-bond acceptors (Lipinski definition) is 3. The van der Waals surface area contributed by atoms with Crippen molar-refractivity contribution >= 4 is 17.5 Å². The fourth-order valence-corrected chi connectivity index (χ4v) is 1.55. The van der Waals surface area contributed by atoms with Crippen LogP contribution in [-0.4, -0.2) is 24.9 Å². The predicted octanol–water partition coefficient (Wildman–Crippen LogP) is 1.08. The first-order chi connectivity index (χ1) is 8.91. The summed E-state index contributed by atoms with van der Waals surface area (Å²) in [6, 6.07) is 5.22. The second kappa shape index (κ2) is 6.78. The molecule has 0 aliphatic carbocycles. The van der Waals surface area contributed by atoms with Gasteiger partial charge in [-0.25, -0.2) is 0 Å². The molecule has 1 aromatic carbocycles. The highest BCUT2D eigenvalue weighted by atomic mass is 16.2. The van der Waals surface area contributed by atoms with Crippen molar-refractivity contribution in [3.05, 3.63) is 29.3 Å². The Balaban J connectivity index is 2.44. The van der Waals surface area contributed by atoms with Crippen LogP contribution in [0.1, 0.15) is 29.8 Å². The molecule has 0 saturated carbocycles. The minimum absolute atomic E-state index is 0.0191. The van der Waals surface area contributed by atoms with E-state index in [9.17, 15) is 9.59 Å². The molecule has 5 nitrogen and oxygen atoms in total. The lowest BCUT2D eigenvalue weighted by molar-refractivity contribution is -0.123. The summed E-state index contributed by atoms with van der Waals surface area (Å²) >= 11 is 0. The van der Waals surface area contributed by atoms with E-state index in [0.29, 0.717) is 24.3 Å². The van der Waals surface area contributed by atoms with Crippen molar-refractivity contribution in [1.82, 2.24) is 10.6 Å². The van der Waals surface area contributed by atoms with E-state index in [-0.39, 0.29) is 17.7 Å². The van der Waals surface area contributed by atoms with E-state index in [1.165, 1.54) is 0 Å². The third-order valence-corrected chi connectivity index (χ3v) is 2.74. The Labute approximate surface area is 113 Å². The van der Waals surface area contributed by atoms with Crippen molar-refractivity contribution in [2.75, 3.05) is 18.8 Å². The van der Waals surface area contributed by atoms with E-state index in [0.717, 1.165) is 5.56 Å². The minimum Gasteiger partial charge on any atom is -0.399 e. The summed E-state index contributed by atoms with van der Waals surface area (Å²) < 4.78 is 0. The van der Waals surface area contributed by atoms with E-state index in [1.54, 1.807) is 12.1 Å². The molecule has 5 heteroatoms. The summed E-state index contributed by atoms with van der Waals surface area (Å²) in [7, 11) is 0. The number of rotatable bonds is 5. The van der Waals surface area contributed by atoms with Gasteiger partial charge in [-0.05, 0) is 24.6 Å². The Morgan fingerprint density at radius 1 is 1.21 bits per heavy atom. The largest absolute Gasteiger partial charge is 0.399 e. The summed E-state index contributed by atoms with van der Waals surface area (Å²) in [6.45, 7) is 6.32. The van der Waals surface area contributed by atoms with E-state index in [1.807, 2.05) is 26.8 Å². The van der Waals surface area contributed by atoms with Crippen LogP contribution in [0.5, 0.6) is 0 Å². The summed E-state index contributed by atoms with van der Waals surface area (Å²) in [5, 5.41) is 5.49. The Kier molecular flexibility index (Phi) is 5.36. The summed E-state index contributed by atoms with van der Waals surface area (Å²) in [5.41, 5.74) is 7.65. The molecule has 0 saturated heterocycles. The Hall–Kier alpha value is -2.04. The molecule has 1 rings (SSSR count). The Morgan fingerprint density at radius 3 is 2.47 bits per heavy atom. The van der Waals surface area contributed by atoms with Crippen molar-refractivity contribution in [2.45, 2.75) is 20.8 Å². The first-order valence-electron chi connectivity index (χ1n) is 6.34. The summed E-state index contributed by atoms with van der Waals surface area (Å²) in [6.07, 6.45) is 0. The average molecular weight is 263 g/mol. The molecule has 104 valence electrons. The van der Waals surface area contributed by atoms with Crippen LogP contribution in [0, 0.1) is 12.8 Å². The van der Waals surface area contributed by atoms with Gasteiger partial charge in [-0.2, -0.15) is 0 Å². The van der Waals surface area contributed by atoms with Crippen LogP contribution in [0.4, 0.5) is 5.69 Å². The topological polar surface area (TPSA) is 84.2 Å². The van der Waals surface area contributed by atoms with Gasteiger partial charge in [0.05, 0.1) is 0 Å². The number of anilines is 1. The molecule has 0 aromatic heterocycles. The van der Waals surface area contributed by atoms with Crippen LogP contribution in [0.3, 0.4) is 0 Å². The summed E-state index contributed by atoms with van der Waals surface area (Å²) in [4.78, 5) is 23.2. The zero-order valence-electron chi connectivity index (χ0n) is 11.6. The highest BCUT2D eigenvalue weighted by Crippen LogP contribution is 2.12. The number of amides is 2. The maximum atomic E-state index is 11.9. The zero-order chi connectivity index (χ0) is 14.4. The van der Waals surface area contributed by atoms with Gasteiger partial charge in [-0.15, -0.1) is 0 Å². The highest BCUT2D eigenvalue weighted by Gasteiger charge is 2.09. The molecule has 19 heavy (non-hydrogen) atoms. The number of benzene rings is 1. The van der Waals surface area contributed by atoms with Gasteiger partial charge in [0.25, 0.3) is 5.91 Å². The van der Waals surface area contributed by atoms with Crippen molar-refractivity contribution in [2.24, 2.45) is 5.92 Å². The molecular formula is C14H21N3O2. The third kappa shape index (κ3) is 4.62. The lowest BCUT2D eigenvalue weighted by Crippen LogP contribution is -2.36. The van der Waals surface area contributed by atoms with Crippen molar-refractivity contribution in [3.63, 3.8) is 0 Å². The molecule has 0 aliphatic rings. The summed E-state index contributed by atoms with van der Waals surface area (Å²) in [5.74, 6) is -0.246. The van der Waals surface area contributed by atoms with Crippen LogP contribution in [-0.2, 0) is 4.79 Å². The number of carbonyl (C=O) groups is 2. The van der Waals surface area contributed by atoms with Gasteiger partial charge in [0.2, 0.25) is 5.91 Å². The van der Waals surface area contributed by atoms with Crippen molar-refractivity contribution in [1.29, 1.82) is 0 Å². The molecule has 0 unspecified atom stereocenters. The lowest BCUT2D eigenvalue weighted by atomic mass is 10.1. The van der Waals surface area contributed by atoms with Crippen LogP contribution in [0.2, 0.25) is 0 Å². The van der Waals surface area contributed by atoms with Crippen LogP contribution >= 0.6 is 0 Å². The SMILES string of the molecule is Cc1ccc(N)cc1C(=O)NCCNC(=O)C(C)C. The Morgan fingerprint density at radius 2 is 1.84 bits per heavy atom. The van der Waals surface area contributed by atoms with E-state index in [2.05, 4.69) is 10.6 Å². The number of nitrogens with two attached hydrogens (primary N) is 1. The minimum atomic E-state index is -0.177. The molecule has 0 bridgehead atoms. The third-order valence-electron chi connectivity index (χ3n) is 2.74. The van der Waals surface area contributed by atoms with Crippen LogP contribution in [0.25, 0.3) is 0 Å². The van der Waals surface area contributed by atoms with Gasteiger partial charge in [0.15, 0.2) is 0 Å². The van der Waals surface area contributed by atoms with Gasteiger partial charge in [0.1, 0.15) is 0 Å². The molecule has 0 radical (unpaired) electrons. The molecule has 0 atom stereocenters. The maximum absolute atomic E-state index is 11.9. The van der Waals surface area contributed by atoms with Gasteiger partial charge >= 0.3 is 0 Å². The van der Waals surface area contributed by atoms with Crippen LogP contribution in [0.15, 0.2) is 18.2 Å². The van der Waals surface area contributed by atoms with Crippen LogP contribution < -0.4 is 16.4 Å². The van der Waals surface area contributed by atoms with E-state index >= 15 is 0 Å². The van der Waals surface area contributed by atoms with Gasteiger partial charge < -0.3 is 16.4 Å². The van der Waals surface area contributed by atoms with Gasteiger partial charge in [-0.3, -0.25) is 9.59 Å². The average Bonchev–Trinajstić information content (AvgIpc) is 2.36. The van der Waals surface area contributed by atoms with E-state index < -0.39 is 0 Å². The fourth-order valence-electron chi connectivity index (χ4n) is 1.55. The second-order valence-electron chi connectivity index (χ2n) is 4.78. The monoisotopic (exact) mass is 263 g/mol. The first-order valence-corrected chi connectivity index (χ1v) is 6.34. The molecule has 2 amide bonds. The molecule has 0 spiro atoms. The number of nitrogen functional groups attached to an aromatic ring is 1. The van der Waals surface area contributed by atoms with Crippen molar-refractivity contribution < 1.29 is 9.59 Å². The number of carbonyl (C=O) groups excluding carboxylic acids is 2. The smallest absolute Gasteiger partial charge is 0.251 e. The quantitative estimate of drug-likeness (QED) is 0.549. The molecule has 4 N–H and O–H groups in total. The second-order valence-corrected chi connectivity index (χ2v) is 4.78.